The zero-order valence-corrected chi connectivity index (χ0v) is 14.8. The minimum Gasteiger partial charge on any atom is -0.208 e. The molecule has 3 rings (SSSR count). The van der Waals surface area contributed by atoms with Crippen molar-refractivity contribution < 1.29 is 17.2 Å². The molecular formula is C19H21F2NO2S. The summed E-state index contributed by atoms with van der Waals surface area (Å²) in [6, 6.07) is 9.29. The summed E-state index contributed by atoms with van der Waals surface area (Å²) in [7, 11) is -3.61. The number of hydrogen-bond donors (Lipinski definition) is 1. The van der Waals surface area contributed by atoms with Crippen LogP contribution in [0.4, 0.5) is 8.78 Å². The number of sulfonamides is 1. The lowest BCUT2D eigenvalue weighted by Gasteiger charge is -2.19. The van der Waals surface area contributed by atoms with E-state index in [4.69, 9.17) is 0 Å². The van der Waals surface area contributed by atoms with Crippen LogP contribution in [0.5, 0.6) is 0 Å². The molecule has 0 radical (unpaired) electrons. The van der Waals surface area contributed by atoms with Crippen LogP contribution >= 0.6 is 0 Å². The molecule has 1 N–H and O–H groups in total. The van der Waals surface area contributed by atoms with Crippen LogP contribution in [0.2, 0.25) is 0 Å². The predicted molar refractivity (Wildman–Crippen MR) is 93.5 cm³/mol. The van der Waals surface area contributed by atoms with E-state index in [0.29, 0.717) is 11.5 Å². The molecule has 3 nitrogen and oxygen atoms in total. The van der Waals surface area contributed by atoms with E-state index >= 15 is 0 Å². The van der Waals surface area contributed by atoms with Crippen molar-refractivity contribution in [3.8, 4) is 11.1 Å². The van der Waals surface area contributed by atoms with Gasteiger partial charge in [-0.05, 0) is 48.6 Å². The Hall–Kier alpha value is -1.79. The summed E-state index contributed by atoms with van der Waals surface area (Å²) >= 11 is 0. The fourth-order valence-electron chi connectivity index (χ4n) is 3.49. The molecule has 134 valence electrons. The first-order valence-corrected chi connectivity index (χ1v) is 9.97. The molecule has 0 saturated heterocycles. The summed E-state index contributed by atoms with van der Waals surface area (Å²) in [5, 5.41) is 0. The Morgan fingerprint density at radius 2 is 1.80 bits per heavy atom. The third-order valence-corrected chi connectivity index (χ3v) is 6.40. The highest BCUT2D eigenvalue weighted by atomic mass is 32.2. The van der Waals surface area contributed by atoms with Gasteiger partial charge >= 0.3 is 0 Å². The number of rotatable bonds is 5. The molecule has 0 bridgehead atoms. The van der Waals surface area contributed by atoms with Gasteiger partial charge in [0.25, 0.3) is 0 Å². The van der Waals surface area contributed by atoms with Gasteiger partial charge < -0.3 is 0 Å². The summed E-state index contributed by atoms with van der Waals surface area (Å²) in [5.41, 5.74) is 0.740. The van der Waals surface area contributed by atoms with Gasteiger partial charge in [0.05, 0.1) is 4.90 Å². The smallest absolute Gasteiger partial charge is 0.208 e. The number of halogens is 2. The van der Waals surface area contributed by atoms with Crippen LogP contribution in [0.15, 0.2) is 47.4 Å². The van der Waals surface area contributed by atoms with Crippen molar-refractivity contribution in [2.75, 3.05) is 0 Å². The maximum atomic E-state index is 13.9. The Balaban J connectivity index is 1.81. The fraction of sp³-hybridized carbons (Fsp3) is 0.368. The monoisotopic (exact) mass is 365 g/mol. The SMILES string of the molecule is CC[C@@H]1CCC[C@@H]1NS(=O)(=O)c1ccc(-c2ccc(F)cc2F)cc1. The molecular weight excluding hydrogens is 344 g/mol. The van der Waals surface area contributed by atoms with Crippen LogP contribution in [0.1, 0.15) is 32.6 Å². The highest BCUT2D eigenvalue weighted by molar-refractivity contribution is 7.89. The highest BCUT2D eigenvalue weighted by Crippen LogP contribution is 2.30. The van der Waals surface area contributed by atoms with Crippen LogP contribution in [0, 0.1) is 17.6 Å². The number of nitrogens with one attached hydrogen (secondary N) is 1. The van der Waals surface area contributed by atoms with Crippen molar-refractivity contribution in [2.45, 2.75) is 43.5 Å². The number of benzene rings is 2. The minimum absolute atomic E-state index is 0.0239. The molecule has 25 heavy (non-hydrogen) atoms. The third-order valence-electron chi connectivity index (χ3n) is 4.90. The van der Waals surface area contributed by atoms with Gasteiger partial charge in [-0.3, -0.25) is 0 Å². The molecule has 0 heterocycles. The maximum Gasteiger partial charge on any atom is 0.240 e. The van der Waals surface area contributed by atoms with Crippen LogP contribution in [-0.4, -0.2) is 14.5 Å². The summed E-state index contributed by atoms with van der Waals surface area (Å²) in [6.07, 6.45) is 3.90. The summed E-state index contributed by atoms with van der Waals surface area (Å²) < 4.78 is 54.8. The molecule has 1 saturated carbocycles. The maximum absolute atomic E-state index is 13.9. The molecule has 6 heteroatoms. The van der Waals surface area contributed by atoms with Gasteiger partial charge in [0, 0.05) is 17.7 Å². The first kappa shape index (κ1) is 18.0. The van der Waals surface area contributed by atoms with Crippen molar-refractivity contribution in [3.05, 3.63) is 54.1 Å². The van der Waals surface area contributed by atoms with Gasteiger partial charge in [0.15, 0.2) is 0 Å². The lowest BCUT2D eigenvalue weighted by atomic mass is 10.0. The van der Waals surface area contributed by atoms with Gasteiger partial charge in [-0.25, -0.2) is 21.9 Å². The Morgan fingerprint density at radius 3 is 2.44 bits per heavy atom. The highest BCUT2D eigenvalue weighted by Gasteiger charge is 2.30. The summed E-state index contributed by atoms with van der Waals surface area (Å²) in [4.78, 5) is 0.153. The zero-order valence-electron chi connectivity index (χ0n) is 14.0. The molecule has 2 aromatic rings. The van der Waals surface area contributed by atoms with Gasteiger partial charge in [0.1, 0.15) is 11.6 Å². The first-order chi connectivity index (χ1) is 11.9. The van der Waals surface area contributed by atoms with E-state index in [9.17, 15) is 17.2 Å². The quantitative estimate of drug-likeness (QED) is 0.849. The van der Waals surface area contributed by atoms with Gasteiger partial charge in [-0.15, -0.1) is 0 Å². The topological polar surface area (TPSA) is 46.2 Å². The Morgan fingerprint density at radius 1 is 1.08 bits per heavy atom. The van der Waals surface area contributed by atoms with Gasteiger partial charge in [-0.2, -0.15) is 0 Å². The van der Waals surface area contributed by atoms with Crippen molar-refractivity contribution in [1.82, 2.24) is 4.72 Å². The average Bonchev–Trinajstić information content (AvgIpc) is 3.01. The molecule has 2 atom stereocenters. The van der Waals surface area contributed by atoms with Crippen LogP contribution in [-0.2, 0) is 10.0 Å². The molecule has 1 aliphatic carbocycles. The van der Waals surface area contributed by atoms with Crippen molar-refractivity contribution >= 4 is 10.0 Å². The van der Waals surface area contributed by atoms with E-state index in [1.54, 1.807) is 0 Å². The first-order valence-electron chi connectivity index (χ1n) is 8.48. The molecule has 1 fully saturated rings. The Kier molecular flexibility index (Phi) is 5.20. The lowest BCUT2D eigenvalue weighted by Crippen LogP contribution is -2.37. The molecule has 0 aromatic heterocycles. The largest absolute Gasteiger partial charge is 0.240 e. The fourth-order valence-corrected chi connectivity index (χ4v) is 4.82. The molecule has 1 aliphatic rings. The molecule has 0 aliphatic heterocycles. The summed E-state index contributed by atoms with van der Waals surface area (Å²) in [5.74, 6) is -0.945. The van der Waals surface area contributed by atoms with E-state index in [0.717, 1.165) is 31.7 Å². The molecule has 0 unspecified atom stereocenters. The average molecular weight is 365 g/mol. The minimum atomic E-state index is -3.61. The third kappa shape index (κ3) is 3.90. The number of hydrogen-bond acceptors (Lipinski definition) is 2. The standard InChI is InChI=1S/C19H21F2NO2S/c1-2-13-4-3-5-19(13)22-25(23,24)16-9-6-14(7-10-16)17-11-8-15(20)12-18(17)21/h6-13,19,22H,2-5H2,1H3/t13-,19+/m1/s1. The van der Waals surface area contributed by atoms with Crippen molar-refractivity contribution in [2.24, 2.45) is 5.92 Å². The Labute approximate surface area is 147 Å². The zero-order chi connectivity index (χ0) is 18.0. The summed E-state index contributed by atoms with van der Waals surface area (Å²) in [6.45, 7) is 2.07. The second-order valence-electron chi connectivity index (χ2n) is 6.48. The van der Waals surface area contributed by atoms with Crippen LogP contribution in [0.3, 0.4) is 0 Å². The van der Waals surface area contributed by atoms with Crippen molar-refractivity contribution in [3.63, 3.8) is 0 Å². The van der Waals surface area contributed by atoms with E-state index in [1.807, 2.05) is 0 Å². The Bertz CT molecular complexity index is 850. The normalized spacial score (nSPS) is 20.8. The predicted octanol–water partition coefficient (Wildman–Crippen LogP) is 4.49. The van der Waals surface area contributed by atoms with Crippen molar-refractivity contribution in [1.29, 1.82) is 0 Å². The van der Waals surface area contributed by atoms with Gasteiger partial charge in [-0.1, -0.05) is 31.9 Å². The van der Waals surface area contributed by atoms with Gasteiger partial charge in [0.2, 0.25) is 10.0 Å². The van der Waals surface area contributed by atoms with E-state index in [-0.39, 0.29) is 16.5 Å². The van der Waals surface area contributed by atoms with E-state index in [1.165, 1.54) is 36.4 Å². The molecule has 2 aromatic carbocycles. The second kappa shape index (κ2) is 7.22. The van der Waals surface area contributed by atoms with Crippen LogP contribution in [0.25, 0.3) is 11.1 Å². The molecule has 0 spiro atoms. The second-order valence-corrected chi connectivity index (χ2v) is 8.19. The van der Waals surface area contributed by atoms with Crippen LogP contribution < -0.4 is 4.72 Å². The molecule has 0 amide bonds. The van der Waals surface area contributed by atoms with E-state index < -0.39 is 21.7 Å². The lowest BCUT2D eigenvalue weighted by molar-refractivity contribution is 0.433. The van der Waals surface area contributed by atoms with E-state index in [2.05, 4.69) is 11.6 Å².